The zero-order chi connectivity index (χ0) is 17.7. The van der Waals surface area contributed by atoms with Crippen LogP contribution in [0.1, 0.15) is 39.2 Å². The van der Waals surface area contributed by atoms with Gasteiger partial charge in [0, 0.05) is 25.1 Å². The van der Waals surface area contributed by atoms with Crippen molar-refractivity contribution in [1.82, 2.24) is 10.6 Å². The van der Waals surface area contributed by atoms with Crippen molar-refractivity contribution in [2.45, 2.75) is 45.1 Å². The van der Waals surface area contributed by atoms with E-state index in [0.29, 0.717) is 19.4 Å². The van der Waals surface area contributed by atoms with Gasteiger partial charge in [0.2, 0.25) is 6.79 Å². The Bertz CT molecular complexity index is 610. The van der Waals surface area contributed by atoms with Gasteiger partial charge in [-0.25, -0.2) is 0 Å². The first-order chi connectivity index (χ1) is 12.1. The highest BCUT2D eigenvalue weighted by atomic mass is 16.7. The lowest BCUT2D eigenvalue weighted by molar-refractivity contribution is 0.114. The number of hydrogen-bond donors (Lipinski definition) is 2. The van der Waals surface area contributed by atoms with E-state index < -0.39 is 0 Å². The summed E-state index contributed by atoms with van der Waals surface area (Å²) in [5.74, 6) is 2.47. The second kappa shape index (κ2) is 7.95. The Labute approximate surface area is 149 Å². The van der Waals surface area contributed by atoms with Crippen LogP contribution in [0.5, 0.6) is 11.5 Å². The summed E-state index contributed by atoms with van der Waals surface area (Å²) in [6.45, 7) is 9.94. The molecular formula is C19H29N3O3. The fourth-order valence-electron chi connectivity index (χ4n) is 3.04. The zero-order valence-electron chi connectivity index (χ0n) is 15.4. The molecule has 1 aromatic rings. The van der Waals surface area contributed by atoms with Gasteiger partial charge in [-0.3, -0.25) is 4.99 Å². The molecule has 0 radical (unpaired) electrons. The highest BCUT2D eigenvalue weighted by Crippen LogP contribution is 2.36. The molecule has 0 saturated carbocycles. The van der Waals surface area contributed by atoms with Gasteiger partial charge >= 0.3 is 0 Å². The molecule has 1 atom stereocenters. The van der Waals surface area contributed by atoms with Crippen molar-refractivity contribution in [3.05, 3.63) is 23.8 Å². The van der Waals surface area contributed by atoms with Crippen LogP contribution in [0.25, 0.3) is 0 Å². The van der Waals surface area contributed by atoms with Crippen LogP contribution in [0.15, 0.2) is 23.2 Å². The maximum absolute atomic E-state index is 5.67. The molecule has 0 amide bonds. The quantitative estimate of drug-likeness (QED) is 0.611. The van der Waals surface area contributed by atoms with E-state index in [1.165, 1.54) is 5.56 Å². The highest BCUT2D eigenvalue weighted by molar-refractivity contribution is 5.79. The Balaban J connectivity index is 1.63. The molecule has 6 heteroatoms. The van der Waals surface area contributed by atoms with Crippen LogP contribution in [0.4, 0.5) is 0 Å². The Morgan fingerprint density at radius 1 is 1.24 bits per heavy atom. The summed E-state index contributed by atoms with van der Waals surface area (Å²) in [6.07, 6.45) is 2.57. The lowest BCUT2D eigenvalue weighted by Gasteiger charge is -2.24. The summed E-state index contributed by atoms with van der Waals surface area (Å²) < 4.78 is 16.6. The molecule has 1 saturated heterocycles. The number of nitrogens with zero attached hydrogens (tertiary/aromatic N) is 1. The number of aliphatic imine (C=N–C) groups is 1. The predicted molar refractivity (Wildman–Crippen MR) is 98.5 cm³/mol. The Morgan fingerprint density at radius 2 is 2.08 bits per heavy atom. The largest absolute Gasteiger partial charge is 0.454 e. The fourth-order valence-corrected chi connectivity index (χ4v) is 3.04. The van der Waals surface area contributed by atoms with Gasteiger partial charge in [0.05, 0.1) is 12.6 Å². The minimum Gasteiger partial charge on any atom is -0.454 e. The molecule has 2 N–H and O–H groups in total. The van der Waals surface area contributed by atoms with Crippen LogP contribution in [-0.2, 0) is 10.2 Å². The number of ether oxygens (including phenoxy) is 3. The first-order valence-electron chi connectivity index (χ1n) is 9.12. The van der Waals surface area contributed by atoms with Crippen molar-refractivity contribution in [3.63, 3.8) is 0 Å². The van der Waals surface area contributed by atoms with E-state index in [9.17, 15) is 0 Å². The lowest BCUT2D eigenvalue weighted by atomic mass is 9.84. The van der Waals surface area contributed by atoms with Gasteiger partial charge in [0.15, 0.2) is 17.5 Å². The molecule has 1 aromatic carbocycles. The van der Waals surface area contributed by atoms with Crippen LogP contribution in [-0.4, -0.2) is 45.1 Å². The van der Waals surface area contributed by atoms with Gasteiger partial charge in [-0.1, -0.05) is 19.9 Å². The highest BCUT2D eigenvalue weighted by Gasteiger charge is 2.24. The second-order valence-electron chi connectivity index (χ2n) is 7.16. The smallest absolute Gasteiger partial charge is 0.231 e. The summed E-state index contributed by atoms with van der Waals surface area (Å²) in [7, 11) is 0. The van der Waals surface area contributed by atoms with Crippen molar-refractivity contribution >= 4 is 5.96 Å². The van der Waals surface area contributed by atoms with Crippen LogP contribution >= 0.6 is 0 Å². The molecule has 0 aromatic heterocycles. The fraction of sp³-hybridized carbons (Fsp3) is 0.632. The van der Waals surface area contributed by atoms with Crippen molar-refractivity contribution in [1.29, 1.82) is 0 Å². The normalized spacial score (nSPS) is 20.0. The van der Waals surface area contributed by atoms with E-state index in [2.05, 4.69) is 43.5 Å². The third-order valence-electron chi connectivity index (χ3n) is 4.65. The van der Waals surface area contributed by atoms with Gasteiger partial charge in [0.1, 0.15) is 0 Å². The number of guanidine groups is 1. The summed E-state index contributed by atoms with van der Waals surface area (Å²) >= 11 is 0. The van der Waals surface area contributed by atoms with Crippen LogP contribution < -0.4 is 20.1 Å². The standard InChI is InChI=1S/C19H29N3O3/c1-4-20-18(21-11-15-6-5-9-23-15)22-12-19(2,3)14-7-8-16-17(10-14)25-13-24-16/h7-8,10,15H,4-6,9,11-13H2,1-3H3,(H2,20,21,22). The van der Waals surface area contributed by atoms with Crippen LogP contribution in [0.2, 0.25) is 0 Å². The first-order valence-corrected chi connectivity index (χ1v) is 9.12. The van der Waals surface area contributed by atoms with Gasteiger partial charge in [-0.2, -0.15) is 0 Å². The molecule has 25 heavy (non-hydrogen) atoms. The molecule has 2 aliphatic heterocycles. The van der Waals surface area contributed by atoms with E-state index in [0.717, 1.165) is 50.0 Å². The number of fused-ring (bicyclic) bond motifs is 1. The van der Waals surface area contributed by atoms with Gasteiger partial charge < -0.3 is 24.8 Å². The van der Waals surface area contributed by atoms with Gasteiger partial charge in [-0.05, 0) is 37.5 Å². The molecule has 0 bridgehead atoms. The maximum atomic E-state index is 5.67. The first kappa shape index (κ1) is 17.9. The van der Waals surface area contributed by atoms with Crippen molar-refractivity contribution in [2.75, 3.05) is 33.0 Å². The maximum Gasteiger partial charge on any atom is 0.231 e. The molecule has 1 fully saturated rings. The van der Waals surface area contributed by atoms with E-state index in [-0.39, 0.29) is 5.41 Å². The average Bonchev–Trinajstić information content (AvgIpc) is 3.27. The van der Waals surface area contributed by atoms with Gasteiger partial charge in [0.25, 0.3) is 0 Å². The van der Waals surface area contributed by atoms with E-state index in [4.69, 9.17) is 19.2 Å². The third kappa shape index (κ3) is 4.57. The summed E-state index contributed by atoms with van der Waals surface area (Å²) in [5, 5.41) is 6.71. The Kier molecular flexibility index (Phi) is 5.68. The second-order valence-corrected chi connectivity index (χ2v) is 7.16. The van der Waals surface area contributed by atoms with Crippen LogP contribution in [0, 0.1) is 0 Å². The van der Waals surface area contributed by atoms with Crippen LogP contribution in [0.3, 0.4) is 0 Å². The van der Waals surface area contributed by atoms with Crippen molar-refractivity contribution in [2.24, 2.45) is 4.99 Å². The summed E-state index contributed by atoms with van der Waals surface area (Å²) in [5.41, 5.74) is 1.09. The minimum atomic E-state index is -0.104. The molecule has 1 unspecified atom stereocenters. The molecule has 2 aliphatic rings. The molecule has 6 nitrogen and oxygen atoms in total. The Hall–Kier alpha value is -1.95. The monoisotopic (exact) mass is 347 g/mol. The van der Waals surface area contributed by atoms with E-state index in [1.54, 1.807) is 0 Å². The molecule has 0 aliphatic carbocycles. The average molecular weight is 347 g/mol. The number of nitrogens with one attached hydrogen (secondary N) is 2. The molecule has 3 rings (SSSR count). The predicted octanol–water partition coefficient (Wildman–Crippen LogP) is 2.43. The number of benzene rings is 1. The van der Waals surface area contributed by atoms with E-state index in [1.807, 2.05) is 6.07 Å². The molecular weight excluding hydrogens is 318 g/mol. The zero-order valence-corrected chi connectivity index (χ0v) is 15.4. The Morgan fingerprint density at radius 3 is 2.84 bits per heavy atom. The molecule has 0 spiro atoms. The van der Waals surface area contributed by atoms with E-state index >= 15 is 0 Å². The lowest BCUT2D eigenvalue weighted by Crippen LogP contribution is -2.41. The minimum absolute atomic E-state index is 0.104. The number of hydrogen-bond acceptors (Lipinski definition) is 4. The number of rotatable bonds is 6. The SMILES string of the molecule is CCNC(=NCC(C)(C)c1ccc2c(c1)OCO2)NCC1CCCO1. The summed E-state index contributed by atoms with van der Waals surface area (Å²) in [4.78, 5) is 4.78. The van der Waals surface area contributed by atoms with Crippen molar-refractivity contribution < 1.29 is 14.2 Å². The third-order valence-corrected chi connectivity index (χ3v) is 4.65. The molecule has 138 valence electrons. The summed E-state index contributed by atoms with van der Waals surface area (Å²) in [6, 6.07) is 6.13. The van der Waals surface area contributed by atoms with Gasteiger partial charge in [-0.15, -0.1) is 0 Å². The van der Waals surface area contributed by atoms with Crippen molar-refractivity contribution in [3.8, 4) is 11.5 Å². The molecule has 2 heterocycles. The topological polar surface area (TPSA) is 64.1 Å².